The summed E-state index contributed by atoms with van der Waals surface area (Å²) in [6.07, 6.45) is 3.14. The SMILES string of the molecule is Cn1ccnc1CNS(=O)(=O)c1cc(CN)cc(F)c1F. The number of nitrogens with one attached hydrogen (secondary N) is 1. The maximum Gasteiger partial charge on any atom is 0.244 e. The molecule has 0 unspecified atom stereocenters. The fourth-order valence-electron chi connectivity index (χ4n) is 1.73. The molecule has 6 nitrogen and oxygen atoms in total. The Kier molecular flexibility index (Phi) is 4.35. The second-order valence-corrected chi connectivity index (χ2v) is 6.11. The number of nitrogens with two attached hydrogens (primary N) is 1. The van der Waals surface area contributed by atoms with Crippen LogP contribution in [0.5, 0.6) is 0 Å². The third-order valence-corrected chi connectivity index (χ3v) is 4.32. The second-order valence-electron chi connectivity index (χ2n) is 4.37. The summed E-state index contributed by atoms with van der Waals surface area (Å²) in [4.78, 5) is 3.17. The Hall–Kier alpha value is -1.84. The maximum absolute atomic E-state index is 13.7. The zero-order valence-electron chi connectivity index (χ0n) is 11.2. The van der Waals surface area contributed by atoms with Crippen molar-refractivity contribution in [3.63, 3.8) is 0 Å². The Balaban J connectivity index is 2.31. The van der Waals surface area contributed by atoms with Gasteiger partial charge in [0.1, 0.15) is 10.7 Å². The van der Waals surface area contributed by atoms with Gasteiger partial charge in [-0.3, -0.25) is 0 Å². The number of aryl methyl sites for hydroxylation is 1. The van der Waals surface area contributed by atoms with Gasteiger partial charge in [0.15, 0.2) is 11.6 Å². The Morgan fingerprint density at radius 3 is 2.67 bits per heavy atom. The molecule has 0 bridgehead atoms. The molecule has 2 aromatic rings. The van der Waals surface area contributed by atoms with Crippen molar-refractivity contribution in [1.82, 2.24) is 14.3 Å². The summed E-state index contributed by atoms with van der Waals surface area (Å²) in [6, 6.07) is 1.88. The minimum Gasteiger partial charge on any atom is -0.337 e. The number of aromatic nitrogens is 2. The van der Waals surface area contributed by atoms with E-state index in [1.165, 1.54) is 6.20 Å². The standard InChI is InChI=1S/C12H14F2N4O2S/c1-18-3-2-16-11(18)7-17-21(19,20)10-5-8(6-15)4-9(13)12(10)14/h2-5,17H,6-7,15H2,1H3. The highest BCUT2D eigenvalue weighted by Crippen LogP contribution is 2.19. The molecule has 0 radical (unpaired) electrons. The zero-order chi connectivity index (χ0) is 15.6. The van der Waals surface area contributed by atoms with E-state index in [2.05, 4.69) is 9.71 Å². The van der Waals surface area contributed by atoms with Gasteiger partial charge in [-0.1, -0.05) is 0 Å². The van der Waals surface area contributed by atoms with Crippen molar-refractivity contribution < 1.29 is 17.2 Å². The molecule has 1 aromatic carbocycles. The van der Waals surface area contributed by atoms with Gasteiger partial charge < -0.3 is 10.3 Å². The van der Waals surface area contributed by atoms with Crippen molar-refractivity contribution in [3.05, 3.63) is 47.5 Å². The van der Waals surface area contributed by atoms with E-state index in [0.29, 0.717) is 5.82 Å². The molecule has 0 aliphatic rings. The lowest BCUT2D eigenvalue weighted by Crippen LogP contribution is -2.26. The first-order valence-electron chi connectivity index (χ1n) is 5.99. The van der Waals surface area contributed by atoms with E-state index in [4.69, 9.17) is 5.73 Å². The number of sulfonamides is 1. The van der Waals surface area contributed by atoms with Gasteiger partial charge in [0.2, 0.25) is 10.0 Å². The van der Waals surface area contributed by atoms with Crippen LogP contribution in [0, 0.1) is 11.6 Å². The van der Waals surface area contributed by atoms with Crippen LogP contribution in [0.15, 0.2) is 29.4 Å². The average Bonchev–Trinajstić information content (AvgIpc) is 2.84. The second kappa shape index (κ2) is 5.88. The molecule has 2 rings (SSSR count). The molecule has 1 aromatic heterocycles. The summed E-state index contributed by atoms with van der Waals surface area (Å²) in [5.41, 5.74) is 5.52. The summed E-state index contributed by atoms with van der Waals surface area (Å²) in [7, 11) is -2.53. The molecule has 0 spiro atoms. The van der Waals surface area contributed by atoms with E-state index < -0.39 is 26.6 Å². The summed E-state index contributed by atoms with van der Waals surface area (Å²) >= 11 is 0. The van der Waals surface area contributed by atoms with Crippen LogP contribution in [0.25, 0.3) is 0 Å². The number of nitrogens with zero attached hydrogens (tertiary/aromatic N) is 2. The van der Waals surface area contributed by atoms with E-state index >= 15 is 0 Å². The topological polar surface area (TPSA) is 90.0 Å². The van der Waals surface area contributed by atoms with E-state index in [1.54, 1.807) is 17.8 Å². The lowest BCUT2D eigenvalue weighted by atomic mass is 10.2. The van der Waals surface area contributed by atoms with Gasteiger partial charge in [-0.05, 0) is 17.7 Å². The third-order valence-electron chi connectivity index (χ3n) is 2.92. The summed E-state index contributed by atoms with van der Waals surface area (Å²) < 4.78 is 55.1. The van der Waals surface area contributed by atoms with E-state index in [1.807, 2.05) is 0 Å². The first-order valence-corrected chi connectivity index (χ1v) is 7.47. The molecule has 1 heterocycles. The maximum atomic E-state index is 13.7. The Morgan fingerprint density at radius 2 is 2.10 bits per heavy atom. The predicted octanol–water partition coefficient (Wildman–Crippen LogP) is 0.635. The largest absolute Gasteiger partial charge is 0.337 e. The summed E-state index contributed by atoms with van der Waals surface area (Å²) in [5.74, 6) is -2.25. The van der Waals surface area contributed by atoms with Gasteiger partial charge in [-0.2, -0.15) is 0 Å². The third kappa shape index (κ3) is 3.26. The van der Waals surface area contributed by atoms with Crippen LogP contribution in [0.1, 0.15) is 11.4 Å². The number of imidazole rings is 1. The Bertz CT molecular complexity index is 759. The van der Waals surface area contributed by atoms with E-state index in [0.717, 1.165) is 12.1 Å². The van der Waals surface area contributed by atoms with Crippen LogP contribution in [0.4, 0.5) is 8.78 Å². The number of rotatable bonds is 5. The van der Waals surface area contributed by atoms with E-state index in [9.17, 15) is 17.2 Å². The van der Waals surface area contributed by atoms with Gasteiger partial charge in [0, 0.05) is 26.0 Å². The molecule has 0 saturated heterocycles. The van der Waals surface area contributed by atoms with Crippen molar-refractivity contribution in [2.45, 2.75) is 18.0 Å². The summed E-state index contributed by atoms with van der Waals surface area (Å²) in [6.45, 7) is -0.237. The number of benzene rings is 1. The highest BCUT2D eigenvalue weighted by molar-refractivity contribution is 7.89. The van der Waals surface area contributed by atoms with Crippen LogP contribution < -0.4 is 10.5 Å². The van der Waals surface area contributed by atoms with Crippen LogP contribution in [0.3, 0.4) is 0 Å². The van der Waals surface area contributed by atoms with Gasteiger partial charge in [-0.25, -0.2) is 26.9 Å². The van der Waals surface area contributed by atoms with Gasteiger partial charge in [0.05, 0.1) is 6.54 Å². The Labute approximate surface area is 120 Å². The van der Waals surface area contributed by atoms with Gasteiger partial charge in [-0.15, -0.1) is 0 Å². The highest BCUT2D eigenvalue weighted by atomic mass is 32.2. The number of hydrogen-bond acceptors (Lipinski definition) is 4. The minimum absolute atomic E-state index is 0.0981. The quantitative estimate of drug-likeness (QED) is 0.847. The predicted molar refractivity (Wildman–Crippen MR) is 71.5 cm³/mol. The molecular formula is C12H14F2N4O2S. The van der Waals surface area contributed by atoms with Crippen molar-refractivity contribution in [2.75, 3.05) is 0 Å². The van der Waals surface area contributed by atoms with Crippen molar-refractivity contribution in [1.29, 1.82) is 0 Å². The molecule has 0 aliphatic heterocycles. The smallest absolute Gasteiger partial charge is 0.244 e. The lowest BCUT2D eigenvalue weighted by Gasteiger charge is -2.10. The molecule has 21 heavy (non-hydrogen) atoms. The van der Waals surface area contributed by atoms with Gasteiger partial charge in [0.25, 0.3) is 0 Å². The minimum atomic E-state index is -4.21. The molecule has 114 valence electrons. The fourth-order valence-corrected chi connectivity index (χ4v) is 2.85. The molecule has 0 amide bonds. The van der Waals surface area contributed by atoms with Crippen LogP contribution in [0.2, 0.25) is 0 Å². The molecule has 0 saturated carbocycles. The number of halogens is 2. The van der Waals surface area contributed by atoms with Crippen LogP contribution in [-0.2, 0) is 30.2 Å². The van der Waals surface area contributed by atoms with Crippen LogP contribution >= 0.6 is 0 Å². The average molecular weight is 316 g/mol. The van der Waals surface area contributed by atoms with Crippen molar-refractivity contribution in [3.8, 4) is 0 Å². The van der Waals surface area contributed by atoms with Crippen LogP contribution in [-0.4, -0.2) is 18.0 Å². The summed E-state index contributed by atoms with van der Waals surface area (Å²) in [5, 5.41) is 0. The molecule has 0 atom stereocenters. The zero-order valence-corrected chi connectivity index (χ0v) is 12.0. The molecule has 0 aliphatic carbocycles. The molecule has 3 N–H and O–H groups in total. The van der Waals surface area contributed by atoms with Crippen molar-refractivity contribution in [2.24, 2.45) is 12.8 Å². The first kappa shape index (κ1) is 15.5. The number of hydrogen-bond donors (Lipinski definition) is 2. The van der Waals surface area contributed by atoms with Crippen molar-refractivity contribution >= 4 is 10.0 Å². The van der Waals surface area contributed by atoms with Gasteiger partial charge >= 0.3 is 0 Å². The lowest BCUT2D eigenvalue weighted by molar-refractivity contribution is 0.481. The van der Waals surface area contributed by atoms with E-state index in [-0.39, 0.29) is 18.7 Å². The Morgan fingerprint density at radius 1 is 1.38 bits per heavy atom. The normalized spacial score (nSPS) is 11.8. The highest BCUT2D eigenvalue weighted by Gasteiger charge is 2.23. The first-order chi connectivity index (χ1) is 9.85. The molecule has 9 heteroatoms. The monoisotopic (exact) mass is 316 g/mol. The molecule has 0 fully saturated rings. The fraction of sp³-hybridized carbons (Fsp3) is 0.250. The molecular weight excluding hydrogens is 302 g/mol.